The van der Waals surface area contributed by atoms with Crippen molar-refractivity contribution in [3.8, 4) is 0 Å². The topological polar surface area (TPSA) is 97.2 Å². The lowest BCUT2D eigenvalue weighted by Gasteiger charge is -2.32. The molecule has 160 valence electrons. The number of nitrogens with one attached hydrogen (secondary N) is 2. The molecule has 2 fully saturated rings. The summed E-state index contributed by atoms with van der Waals surface area (Å²) in [5, 5.41) is 10.4. The molecule has 1 atom stereocenters. The summed E-state index contributed by atoms with van der Waals surface area (Å²) in [5.74, 6) is 2.01. The number of hydrogen-bond acceptors (Lipinski definition) is 6. The van der Waals surface area contributed by atoms with Gasteiger partial charge in [0.15, 0.2) is 5.82 Å². The van der Waals surface area contributed by atoms with Crippen LogP contribution < -0.4 is 15.5 Å². The summed E-state index contributed by atoms with van der Waals surface area (Å²) >= 11 is 0. The molecule has 1 aliphatic carbocycles. The minimum Gasteiger partial charge on any atom is -0.372 e. The van der Waals surface area contributed by atoms with Gasteiger partial charge in [-0.2, -0.15) is 5.10 Å². The number of amides is 2. The molecular weight excluding hydrogens is 382 g/mol. The van der Waals surface area contributed by atoms with Gasteiger partial charge >= 0.3 is 6.03 Å². The van der Waals surface area contributed by atoms with Gasteiger partial charge in [-0.25, -0.2) is 14.8 Å². The van der Waals surface area contributed by atoms with Crippen molar-refractivity contribution in [3.05, 3.63) is 29.7 Å². The zero-order valence-corrected chi connectivity index (χ0v) is 17.4. The molecule has 2 amide bonds. The average molecular weight is 412 g/mol. The van der Waals surface area contributed by atoms with Crippen LogP contribution in [0.5, 0.6) is 0 Å². The van der Waals surface area contributed by atoms with Crippen molar-refractivity contribution < 1.29 is 9.53 Å². The molecule has 2 aliphatic heterocycles. The number of aromatic nitrogens is 4. The van der Waals surface area contributed by atoms with Crippen molar-refractivity contribution in [2.45, 2.75) is 64.3 Å². The lowest BCUT2D eigenvalue weighted by Crippen LogP contribution is -2.45. The second kappa shape index (κ2) is 8.22. The monoisotopic (exact) mass is 411 g/mol. The summed E-state index contributed by atoms with van der Waals surface area (Å²) in [7, 11) is 0. The average Bonchev–Trinajstić information content (AvgIpc) is 3.14. The van der Waals surface area contributed by atoms with Crippen LogP contribution in [0.4, 0.5) is 16.6 Å². The Labute approximate surface area is 176 Å². The van der Waals surface area contributed by atoms with E-state index in [4.69, 9.17) is 9.72 Å². The number of fused-ring (bicyclic) bond motifs is 1. The summed E-state index contributed by atoms with van der Waals surface area (Å²) in [6, 6.07) is 3.99. The zero-order chi connectivity index (χ0) is 20.5. The fraction of sp³-hybridized carbons (Fsp3) is 0.619. The quantitative estimate of drug-likeness (QED) is 0.803. The molecule has 9 nitrogen and oxygen atoms in total. The number of carbonyl (C=O) groups is 1. The van der Waals surface area contributed by atoms with Crippen molar-refractivity contribution >= 4 is 17.8 Å². The zero-order valence-electron chi connectivity index (χ0n) is 17.4. The standard InChI is InChI=1S/C21H29N7O2/c1-14-10-15(11-14)23-21(29)25-19-12-16-13-27(7-8-28(16)26-19)20-22-6-5-17(24-20)18-4-2-3-9-30-18/h5-6,12,14-15,18H,2-4,7-11,13H2,1H3,(H2,23,25,26,29)/t14-,15-,18?. The normalized spacial score (nSPS) is 25.9. The molecule has 0 bridgehead atoms. The van der Waals surface area contributed by atoms with E-state index in [0.717, 1.165) is 62.7 Å². The third-order valence-corrected chi connectivity index (χ3v) is 6.21. The minimum absolute atomic E-state index is 0.0730. The molecule has 3 aliphatic rings. The maximum absolute atomic E-state index is 12.2. The van der Waals surface area contributed by atoms with E-state index in [1.165, 1.54) is 6.42 Å². The molecule has 0 spiro atoms. The molecule has 2 aromatic heterocycles. The molecule has 0 aromatic carbocycles. The first-order valence-electron chi connectivity index (χ1n) is 11.0. The third kappa shape index (κ3) is 4.12. The van der Waals surface area contributed by atoms with Crippen molar-refractivity contribution in [2.24, 2.45) is 5.92 Å². The molecule has 1 saturated carbocycles. The van der Waals surface area contributed by atoms with Crippen molar-refractivity contribution in [2.75, 3.05) is 23.4 Å². The maximum atomic E-state index is 12.2. The van der Waals surface area contributed by atoms with E-state index in [0.29, 0.717) is 18.3 Å². The van der Waals surface area contributed by atoms with Gasteiger partial charge in [-0.3, -0.25) is 10.00 Å². The molecule has 1 saturated heterocycles. The fourth-order valence-corrected chi connectivity index (χ4v) is 4.52. The number of hydrogen-bond donors (Lipinski definition) is 2. The largest absolute Gasteiger partial charge is 0.372 e. The van der Waals surface area contributed by atoms with E-state index < -0.39 is 0 Å². The van der Waals surface area contributed by atoms with Crippen LogP contribution in [0.25, 0.3) is 0 Å². The number of rotatable bonds is 4. The number of anilines is 2. The van der Waals surface area contributed by atoms with Crippen molar-refractivity contribution in [3.63, 3.8) is 0 Å². The Balaban J connectivity index is 1.22. The first-order chi connectivity index (χ1) is 14.6. The van der Waals surface area contributed by atoms with Crippen LogP contribution >= 0.6 is 0 Å². The van der Waals surface area contributed by atoms with Crippen molar-refractivity contribution in [1.29, 1.82) is 0 Å². The van der Waals surface area contributed by atoms with E-state index in [9.17, 15) is 4.79 Å². The molecule has 30 heavy (non-hydrogen) atoms. The van der Waals surface area contributed by atoms with E-state index >= 15 is 0 Å². The highest BCUT2D eigenvalue weighted by molar-refractivity contribution is 5.88. The van der Waals surface area contributed by atoms with E-state index in [2.05, 4.69) is 32.5 Å². The predicted octanol–water partition coefficient (Wildman–Crippen LogP) is 2.85. The Morgan fingerprint density at radius 1 is 1.27 bits per heavy atom. The molecule has 2 N–H and O–H groups in total. The summed E-state index contributed by atoms with van der Waals surface area (Å²) < 4.78 is 7.83. The summed E-state index contributed by atoms with van der Waals surface area (Å²) in [6.45, 7) is 5.16. The smallest absolute Gasteiger partial charge is 0.320 e. The van der Waals surface area contributed by atoms with Gasteiger partial charge < -0.3 is 15.0 Å². The van der Waals surface area contributed by atoms with Gasteiger partial charge in [0.1, 0.15) is 0 Å². The van der Waals surface area contributed by atoms with Gasteiger partial charge in [-0.1, -0.05) is 6.92 Å². The van der Waals surface area contributed by atoms with Crippen LogP contribution in [0.2, 0.25) is 0 Å². The fourth-order valence-electron chi connectivity index (χ4n) is 4.52. The van der Waals surface area contributed by atoms with Crippen LogP contribution in [0, 0.1) is 5.92 Å². The molecule has 0 radical (unpaired) electrons. The minimum atomic E-state index is -0.178. The first-order valence-corrected chi connectivity index (χ1v) is 11.0. The van der Waals surface area contributed by atoms with E-state index in [1.54, 1.807) is 0 Å². The third-order valence-electron chi connectivity index (χ3n) is 6.21. The summed E-state index contributed by atoms with van der Waals surface area (Å²) in [6.07, 6.45) is 7.30. The Hall–Kier alpha value is -2.68. The number of ether oxygens (including phenoxy) is 1. The van der Waals surface area contributed by atoms with Crippen LogP contribution in [0.3, 0.4) is 0 Å². The highest BCUT2D eigenvalue weighted by Gasteiger charge is 2.27. The second-order valence-electron chi connectivity index (χ2n) is 8.67. The Morgan fingerprint density at radius 3 is 2.97 bits per heavy atom. The van der Waals surface area contributed by atoms with Gasteiger partial charge in [0.25, 0.3) is 0 Å². The SMILES string of the molecule is C[C@H]1C[C@H](NC(=O)Nc2cc3n(n2)CCN(c2nccc(C4CCCCO4)n2)C3)C1. The first kappa shape index (κ1) is 19.3. The van der Waals surface area contributed by atoms with E-state index in [1.807, 2.05) is 23.0 Å². The Kier molecular flexibility index (Phi) is 5.28. The van der Waals surface area contributed by atoms with Crippen molar-refractivity contribution in [1.82, 2.24) is 25.1 Å². The highest BCUT2D eigenvalue weighted by Crippen LogP contribution is 2.28. The Bertz CT molecular complexity index is 903. The number of nitrogens with zero attached hydrogens (tertiary/aromatic N) is 5. The molecule has 2 aromatic rings. The van der Waals surface area contributed by atoms with Gasteiger partial charge in [0, 0.05) is 31.5 Å². The predicted molar refractivity (Wildman–Crippen MR) is 112 cm³/mol. The Morgan fingerprint density at radius 2 is 2.17 bits per heavy atom. The van der Waals surface area contributed by atoms with Crippen LogP contribution in [0.15, 0.2) is 18.3 Å². The van der Waals surface area contributed by atoms with Gasteiger partial charge in [-0.15, -0.1) is 0 Å². The molecular formula is C21H29N7O2. The van der Waals surface area contributed by atoms with Crippen LogP contribution in [-0.4, -0.2) is 45.0 Å². The van der Waals surface area contributed by atoms with Gasteiger partial charge in [0.2, 0.25) is 5.95 Å². The summed E-state index contributed by atoms with van der Waals surface area (Å²) in [5.41, 5.74) is 2.00. The molecule has 4 heterocycles. The van der Waals surface area contributed by atoms with Gasteiger partial charge in [-0.05, 0) is 44.1 Å². The van der Waals surface area contributed by atoms with Crippen LogP contribution in [0.1, 0.15) is 56.5 Å². The van der Waals surface area contributed by atoms with E-state index in [-0.39, 0.29) is 18.2 Å². The lowest BCUT2D eigenvalue weighted by atomic mass is 9.82. The van der Waals surface area contributed by atoms with Gasteiger partial charge in [0.05, 0.1) is 30.6 Å². The van der Waals surface area contributed by atoms with Crippen LogP contribution in [-0.2, 0) is 17.8 Å². The summed E-state index contributed by atoms with van der Waals surface area (Å²) in [4.78, 5) is 23.6. The molecule has 9 heteroatoms. The lowest BCUT2D eigenvalue weighted by molar-refractivity contribution is 0.0123. The number of carbonyl (C=O) groups excluding carboxylic acids is 1. The molecule has 5 rings (SSSR count). The maximum Gasteiger partial charge on any atom is 0.320 e. The highest BCUT2D eigenvalue weighted by atomic mass is 16.5. The second-order valence-corrected chi connectivity index (χ2v) is 8.67. The molecule has 1 unspecified atom stereocenters. The number of urea groups is 1.